The summed E-state index contributed by atoms with van der Waals surface area (Å²) >= 11 is 2.24. The number of aromatic nitrogens is 1. The summed E-state index contributed by atoms with van der Waals surface area (Å²) in [5.41, 5.74) is 3.05. The van der Waals surface area contributed by atoms with Crippen LogP contribution in [0.5, 0.6) is 0 Å². The summed E-state index contributed by atoms with van der Waals surface area (Å²) < 4.78 is 3.04. The van der Waals surface area contributed by atoms with Gasteiger partial charge < -0.3 is 5.32 Å². The predicted octanol–water partition coefficient (Wildman–Crippen LogP) is 3.88. The molecule has 3 aromatic rings. The molecule has 0 atom stereocenters. The molecule has 23 heavy (non-hydrogen) atoms. The summed E-state index contributed by atoms with van der Waals surface area (Å²) in [6, 6.07) is 21.9. The number of hydrogen-bond acceptors (Lipinski definition) is 1. The van der Waals surface area contributed by atoms with Crippen molar-refractivity contribution in [3.8, 4) is 11.1 Å². The van der Waals surface area contributed by atoms with Crippen LogP contribution in [-0.2, 0) is 11.3 Å². The first kappa shape index (κ1) is 15.7. The van der Waals surface area contributed by atoms with Gasteiger partial charge in [0.25, 0.3) is 5.91 Å². The van der Waals surface area contributed by atoms with Crippen molar-refractivity contribution >= 4 is 34.2 Å². The molecule has 3 nitrogen and oxygen atoms in total. The van der Waals surface area contributed by atoms with E-state index in [9.17, 15) is 4.79 Å². The summed E-state index contributed by atoms with van der Waals surface area (Å²) in [7, 11) is 0. The Hall–Kier alpha value is -2.21. The molecule has 0 aliphatic heterocycles. The zero-order chi connectivity index (χ0) is 16.1. The summed E-state index contributed by atoms with van der Waals surface area (Å²) in [5.74, 6) is -0.0404. The van der Waals surface area contributed by atoms with Gasteiger partial charge in [-0.1, -0.05) is 30.3 Å². The van der Waals surface area contributed by atoms with Crippen molar-refractivity contribution in [1.29, 1.82) is 0 Å². The molecule has 1 heterocycles. The Balaban J connectivity index is 1.70. The minimum atomic E-state index is -0.0404. The highest BCUT2D eigenvalue weighted by Crippen LogP contribution is 2.16. The first-order valence-electron chi connectivity index (χ1n) is 7.31. The normalized spacial score (nSPS) is 10.3. The SMILES string of the molecule is O=C(C[n+]1cccc(-c2ccccc2)c1)Nc1ccc(I)cc1. The first-order valence-corrected chi connectivity index (χ1v) is 8.38. The quantitative estimate of drug-likeness (QED) is 0.509. The highest BCUT2D eigenvalue weighted by molar-refractivity contribution is 14.1. The van der Waals surface area contributed by atoms with Crippen LogP contribution < -0.4 is 9.88 Å². The first-order chi connectivity index (χ1) is 11.2. The lowest BCUT2D eigenvalue weighted by molar-refractivity contribution is -0.683. The second-order valence-electron chi connectivity index (χ2n) is 5.19. The van der Waals surface area contributed by atoms with Crippen LogP contribution in [0.25, 0.3) is 11.1 Å². The molecular weight excluding hydrogens is 399 g/mol. The molecule has 1 N–H and O–H groups in total. The number of nitrogens with zero attached hydrogens (tertiary/aromatic N) is 1. The van der Waals surface area contributed by atoms with Crippen molar-refractivity contribution < 1.29 is 9.36 Å². The molecule has 114 valence electrons. The summed E-state index contributed by atoms with van der Waals surface area (Å²) in [6.07, 6.45) is 3.89. The maximum Gasteiger partial charge on any atom is 0.290 e. The third-order valence-electron chi connectivity index (χ3n) is 3.42. The number of halogens is 1. The van der Waals surface area contributed by atoms with E-state index in [1.54, 1.807) is 0 Å². The second kappa shape index (κ2) is 7.37. The van der Waals surface area contributed by atoms with E-state index in [1.165, 1.54) is 0 Å². The molecule has 0 aliphatic carbocycles. The van der Waals surface area contributed by atoms with Crippen molar-refractivity contribution in [3.05, 3.63) is 82.7 Å². The number of hydrogen-bond donors (Lipinski definition) is 1. The zero-order valence-electron chi connectivity index (χ0n) is 12.4. The molecule has 0 saturated carbocycles. The lowest BCUT2D eigenvalue weighted by Gasteiger charge is -2.04. The number of pyridine rings is 1. The topological polar surface area (TPSA) is 33.0 Å². The second-order valence-corrected chi connectivity index (χ2v) is 6.43. The fourth-order valence-corrected chi connectivity index (χ4v) is 2.68. The maximum absolute atomic E-state index is 12.2. The van der Waals surface area contributed by atoms with Gasteiger partial charge in [0, 0.05) is 20.9 Å². The molecule has 0 fully saturated rings. The molecule has 0 bridgehead atoms. The number of rotatable bonds is 4. The summed E-state index contributed by atoms with van der Waals surface area (Å²) in [4.78, 5) is 12.2. The number of carbonyl (C=O) groups excluding carboxylic acids is 1. The molecule has 4 heteroatoms. The third-order valence-corrected chi connectivity index (χ3v) is 4.14. The van der Waals surface area contributed by atoms with Crippen LogP contribution in [0.3, 0.4) is 0 Å². The number of amides is 1. The highest BCUT2D eigenvalue weighted by atomic mass is 127. The Kier molecular flexibility index (Phi) is 5.02. The van der Waals surface area contributed by atoms with Gasteiger partial charge in [0.2, 0.25) is 6.54 Å². The van der Waals surface area contributed by atoms with E-state index < -0.39 is 0 Å². The van der Waals surface area contributed by atoms with E-state index in [-0.39, 0.29) is 12.5 Å². The van der Waals surface area contributed by atoms with Crippen LogP contribution in [0.15, 0.2) is 79.1 Å². The van der Waals surface area contributed by atoms with E-state index in [4.69, 9.17) is 0 Å². The molecule has 0 unspecified atom stereocenters. The average Bonchev–Trinajstić information content (AvgIpc) is 2.58. The molecular formula is C19H16IN2O+. The third kappa shape index (κ3) is 4.39. The monoisotopic (exact) mass is 415 g/mol. The van der Waals surface area contributed by atoms with Gasteiger partial charge in [-0.05, 0) is 58.5 Å². The van der Waals surface area contributed by atoms with Crippen molar-refractivity contribution in [2.45, 2.75) is 6.54 Å². The fraction of sp³-hybridized carbons (Fsp3) is 0.0526. The molecule has 0 saturated heterocycles. The number of benzene rings is 2. The van der Waals surface area contributed by atoms with Gasteiger partial charge in [0.1, 0.15) is 0 Å². The van der Waals surface area contributed by atoms with Gasteiger partial charge >= 0.3 is 0 Å². The van der Waals surface area contributed by atoms with Gasteiger partial charge in [-0.2, -0.15) is 4.57 Å². The van der Waals surface area contributed by atoms with Gasteiger partial charge in [0.05, 0.1) is 0 Å². The highest BCUT2D eigenvalue weighted by Gasteiger charge is 2.11. The Labute approximate surface area is 149 Å². The van der Waals surface area contributed by atoms with Crippen LogP contribution in [-0.4, -0.2) is 5.91 Å². The Morgan fingerprint density at radius 3 is 2.35 bits per heavy atom. The van der Waals surface area contributed by atoms with E-state index in [0.29, 0.717) is 0 Å². The zero-order valence-corrected chi connectivity index (χ0v) is 14.6. The molecule has 0 radical (unpaired) electrons. The van der Waals surface area contributed by atoms with Crippen LogP contribution in [0.2, 0.25) is 0 Å². The van der Waals surface area contributed by atoms with Gasteiger partial charge in [-0.3, -0.25) is 4.79 Å². The maximum atomic E-state index is 12.2. The lowest BCUT2D eigenvalue weighted by Crippen LogP contribution is -2.39. The van der Waals surface area contributed by atoms with Gasteiger partial charge in [-0.25, -0.2) is 0 Å². The van der Waals surface area contributed by atoms with Crippen molar-refractivity contribution in [3.63, 3.8) is 0 Å². The van der Waals surface area contributed by atoms with Crippen LogP contribution in [0.4, 0.5) is 5.69 Å². The van der Waals surface area contributed by atoms with E-state index in [0.717, 1.165) is 20.4 Å². The lowest BCUT2D eigenvalue weighted by atomic mass is 10.1. The Bertz CT molecular complexity index is 801. The molecule has 0 aliphatic rings. The smallest absolute Gasteiger partial charge is 0.290 e. The van der Waals surface area contributed by atoms with Crippen LogP contribution in [0, 0.1) is 3.57 Å². The Morgan fingerprint density at radius 1 is 0.913 bits per heavy atom. The Morgan fingerprint density at radius 2 is 1.61 bits per heavy atom. The minimum absolute atomic E-state index is 0.0404. The summed E-state index contributed by atoms with van der Waals surface area (Å²) in [5, 5.41) is 2.91. The largest absolute Gasteiger partial charge is 0.321 e. The fourth-order valence-electron chi connectivity index (χ4n) is 2.32. The molecule has 1 aromatic heterocycles. The number of nitrogens with one attached hydrogen (secondary N) is 1. The van der Waals surface area contributed by atoms with E-state index in [1.807, 2.05) is 71.6 Å². The van der Waals surface area contributed by atoms with Crippen LogP contribution in [0.1, 0.15) is 0 Å². The number of anilines is 1. The molecule has 1 amide bonds. The summed E-state index contributed by atoms with van der Waals surface area (Å²) in [6.45, 7) is 0.284. The van der Waals surface area contributed by atoms with E-state index >= 15 is 0 Å². The van der Waals surface area contributed by atoms with Crippen molar-refractivity contribution in [1.82, 2.24) is 0 Å². The predicted molar refractivity (Wildman–Crippen MR) is 99.9 cm³/mol. The van der Waals surface area contributed by atoms with E-state index in [2.05, 4.69) is 40.0 Å². The average molecular weight is 415 g/mol. The minimum Gasteiger partial charge on any atom is -0.321 e. The van der Waals surface area contributed by atoms with Gasteiger partial charge in [-0.15, -0.1) is 0 Å². The van der Waals surface area contributed by atoms with Crippen molar-refractivity contribution in [2.24, 2.45) is 0 Å². The van der Waals surface area contributed by atoms with Gasteiger partial charge in [0.15, 0.2) is 12.4 Å². The van der Waals surface area contributed by atoms with Crippen LogP contribution >= 0.6 is 22.6 Å². The number of carbonyl (C=O) groups is 1. The molecule has 2 aromatic carbocycles. The molecule has 3 rings (SSSR count). The molecule has 0 spiro atoms. The van der Waals surface area contributed by atoms with Crippen molar-refractivity contribution in [2.75, 3.05) is 5.32 Å². The standard InChI is InChI=1S/C19H15IN2O/c20-17-8-10-18(11-9-17)21-19(23)14-22-12-4-7-16(13-22)15-5-2-1-3-6-15/h1-13H,14H2/p+1.